The molecule has 0 radical (unpaired) electrons. The van der Waals surface area contributed by atoms with Crippen molar-refractivity contribution >= 4 is 28.8 Å². The molecular formula is C11H8Cl2N4O. The molecule has 0 atom stereocenters. The minimum atomic E-state index is 0.272. The minimum absolute atomic E-state index is 0.272. The Morgan fingerprint density at radius 1 is 1.22 bits per heavy atom. The Hall–Kier alpha value is -1.59. The first-order valence-electron chi connectivity index (χ1n) is 5.21. The van der Waals surface area contributed by atoms with Crippen LogP contribution in [0.15, 0.2) is 16.7 Å². The molecule has 3 rings (SSSR count). The van der Waals surface area contributed by atoms with Gasteiger partial charge < -0.3 is 4.42 Å². The van der Waals surface area contributed by atoms with Gasteiger partial charge in [-0.15, -0.1) is 10.2 Å². The molecule has 92 valence electrons. The van der Waals surface area contributed by atoms with E-state index in [1.807, 2.05) is 18.2 Å². The van der Waals surface area contributed by atoms with Crippen molar-refractivity contribution in [2.45, 2.75) is 13.8 Å². The van der Waals surface area contributed by atoms with Crippen LogP contribution in [-0.2, 0) is 0 Å². The van der Waals surface area contributed by atoms with Crippen molar-refractivity contribution in [3.05, 3.63) is 34.1 Å². The number of furan rings is 1. The highest BCUT2D eigenvalue weighted by Crippen LogP contribution is 2.30. The van der Waals surface area contributed by atoms with Crippen LogP contribution in [-0.4, -0.2) is 19.6 Å². The molecular weight excluding hydrogens is 275 g/mol. The van der Waals surface area contributed by atoms with Crippen LogP contribution in [0.1, 0.15) is 11.4 Å². The van der Waals surface area contributed by atoms with Gasteiger partial charge in [-0.2, -0.15) is 0 Å². The highest BCUT2D eigenvalue weighted by molar-refractivity contribution is 6.32. The Morgan fingerprint density at radius 3 is 2.67 bits per heavy atom. The zero-order valence-corrected chi connectivity index (χ0v) is 11.1. The Kier molecular flexibility index (Phi) is 2.53. The molecule has 0 fully saturated rings. The average molecular weight is 283 g/mol. The van der Waals surface area contributed by atoms with Crippen LogP contribution < -0.4 is 0 Å². The molecule has 7 heteroatoms. The van der Waals surface area contributed by atoms with Gasteiger partial charge in [-0.05, 0) is 31.5 Å². The fourth-order valence-electron chi connectivity index (χ4n) is 1.80. The summed E-state index contributed by atoms with van der Waals surface area (Å²) in [5.41, 5.74) is 2.90. The second-order valence-corrected chi connectivity index (χ2v) is 4.57. The van der Waals surface area contributed by atoms with E-state index in [-0.39, 0.29) is 5.22 Å². The Bertz CT molecular complexity index is 747. The van der Waals surface area contributed by atoms with E-state index in [1.54, 1.807) is 6.07 Å². The van der Waals surface area contributed by atoms with Gasteiger partial charge in [0.25, 0.3) is 0 Å². The zero-order valence-electron chi connectivity index (χ0n) is 9.61. The lowest BCUT2D eigenvalue weighted by atomic mass is 10.3. The summed E-state index contributed by atoms with van der Waals surface area (Å²) in [4.78, 5) is 4.20. The number of halogens is 2. The van der Waals surface area contributed by atoms with E-state index in [2.05, 4.69) is 15.2 Å². The maximum absolute atomic E-state index is 6.06. The highest BCUT2D eigenvalue weighted by atomic mass is 35.5. The topological polar surface area (TPSA) is 56.2 Å². The van der Waals surface area contributed by atoms with Crippen molar-refractivity contribution in [1.29, 1.82) is 0 Å². The van der Waals surface area contributed by atoms with Gasteiger partial charge in [0.1, 0.15) is 0 Å². The van der Waals surface area contributed by atoms with Gasteiger partial charge in [0.05, 0.1) is 17.5 Å². The maximum atomic E-state index is 6.06. The van der Waals surface area contributed by atoms with Crippen molar-refractivity contribution in [3.63, 3.8) is 0 Å². The molecule has 0 aromatic carbocycles. The lowest BCUT2D eigenvalue weighted by Gasteiger charge is -2.06. The summed E-state index contributed by atoms with van der Waals surface area (Å²) < 4.78 is 6.89. The summed E-state index contributed by atoms with van der Waals surface area (Å²) in [6.45, 7) is 3.80. The van der Waals surface area contributed by atoms with Crippen molar-refractivity contribution in [2.75, 3.05) is 0 Å². The summed E-state index contributed by atoms with van der Waals surface area (Å²) in [6, 6.07) is 1.74. The van der Waals surface area contributed by atoms with E-state index in [1.165, 1.54) is 6.26 Å². The fourth-order valence-corrected chi connectivity index (χ4v) is 2.25. The van der Waals surface area contributed by atoms with Gasteiger partial charge in [-0.3, -0.25) is 4.40 Å². The minimum Gasteiger partial charge on any atom is -0.452 e. The molecule has 0 saturated carbocycles. The number of aryl methyl sites for hydroxylation is 2. The molecule has 18 heavy (non-hydrogen) atoms. The van der Waals surface area contributed by atoms with Crippen LogP contribution >= 0.6 is 23.2 Å². The number of hydrogen-bond donors (Lipinski definition) is 0. The predicted molar refractivity (Wildman–Crippen MR) is 68.0 cm³/mol. The summed E-state index contributed by atoms with van der Waals surface area (Å²) in [5.74, 6) is 0.591. The lowest BCUT2D eigenvalue weighted by Crippen LogP contribution is -2.00. The molecule has 0 saturated heterocycles. The monoisotopic (exact) mass is 282 g/mol. The summed E-state index contributed by atoms with van der Waals surface area (Å²) in [5, 5.41) is 8.73. The van der Waals surface area contributed by atoms with E-state index >= 15 is 0 Å². The molecule has 0 bridgehead atoms. The first kappa shape index (κ1) is 11.5. The normalized spacial score (nSPS) is 11.3. The number of fused-ring (bicyclic) bond motifs is 1. The van der Waals surface area contributed by atoms with Gasteiger partial charge in [0, 0.05) is 5.69 Å². The first-order valence-corrected chi connectivity index (χ1v) is 5.96. The average Bonchev–Trinajstić information content (AvgIpc) is 2.91. The fraction of sp³-hybridized carbons (Fsp3) is 0.182. The van der Waals surface area contributed by atoms with E-state index in [9.17, 15) is 0 Å². The smallest absolute Gasteiger partial charge is 0.204 e. The second kappa shape index (κ2) is 3.96. The van der Waals surface area contributed by atoms with Gasteiger partial charge in [0.2, 0.25) is 5.22 Å². The van der Waals surface area contributed by atoms with Gasteiger partial charge in [-0.1, -0.05) is 11.6 Å². The van der Waals surface area contributed by atoms with E-state index in [4.69, 9.17) is 27.6 Å². The van der Waals surface area contributed by atoms with E-state index in [0.717, 1.165) is 11.4 Å². The molecule has 0 N–H and O–H groups in total. The molecule has 3 heterocycles. The molecule has 0 amide bonds. The molecule has 0 aliphatic rings. The molecule has 0 unspecified atom stereocenters. The van der Waals surface area contributed by atoms with Gasteiger partial charge >= 0.3 is 0 Å². The third-order valence-electron chi connectivity index (χ3n) is 2.83. The summed E-state index contributed by atoms with van der Waals surface area (Å²) >= 11 is 12.0. The van der Waals surface area contributed by atoms with Gasteiger partial charge in [-0.25, -0.2) is 4.98 Å². The quantitative estimate of drug-likeness (QED) is 0.687. The van der Waals surface area contributed by atoms with Crippen LogP contribution in [0.4, 0.5) is 0 Å². The standard InChI is InChI=1S/C11H8Cl2N4O/c1-5-6(2)17-10(7-3-4-18-9(7)13)15-16-11(17)8(12)14-5/h3-4H,1-2H3. The molecule has 0 aliphatic heterocycles. The molecule has 0 spiro atoms. The second-order valence-electron chi connectivity index (χ2n) is 3.86. The summed E-state index contributed by atoms with van der Waals surface area (Å²) in [7, 11) is 0. The van der Waals surface area contributed by atoms with E-state index in [0.29, 0.717) is 22.2 Å². The first-order chi connectivity index (χ1) is 8.59. The Labute approximate surface area is 112 Å². The predicted octanol–water partition coefficient (Wildman–Crippen LogP) is 3.31. The molecule has 0 aliphatic carbocycles. The van der Waals surface area contributed by atoms with E-state index < -0.39 is 0 Å². The number of nitrogens with zero attached hydrogens (tertiary/aromatic N) is 4. The lowest BCUT2D eigenvalue weighted by molar-refractivity contribution is 0.570. The molecule has 3 aromatic heterocycles. The number of rotatable bonds is 1. The van der Waals surface area contributed by atoms with Crippen molar-refractivity contribution in [2.24, 2.45) is 0 Å². The molecule has 3 aromatic rings. The Balaban J connectivity index is 2.42. The highest BCUT2D eigenvalue weighted by Gasteiger charge is 2.18. The van der Waals surface area contributed by atoms with Crippen LogP contribution in [0.3, 0.4) is 0 Å². The van der Waals surface area contributed by atoms with Crippen molar-refractivity contribution in [3.8, 4) is 11.4 Å². The van der Waals surface area contributed by atoms with Crippen LogP contribution in [0.2, 0.25) is 10.4 Å². The number of aromatic nitrogens is 4. The zero-order chi connectivity index (χ0) is 12.9. The summed E-state index contributed by atoms with van der Waals surface area (Å²) in [6.07, 6.45) is 1.50. The Morgan fingerprint density at radius 2 is 2.00 bits per heavy atom. The molecule has 5 nitrogen and oxygen atoms in total. The van der Waals surface area contributed by atoms with Crippen LogP contribution in [0.5, 0.6) is 0 Å². The third kappa shape index (κ3) is 1.51. The number of hydrogen-bond acceptors (Lipinski definition) is 4. The maximum Gasteiger partial charge on any atom is 0.204 e. The third-order valence-corrected chi connectivity index (χ3v) is 3.38. The van der Waals surface area contributed by atoms with Gasteiger partial charge in [0.15, 0.2) is 16.6 Å². The van der Waals surface area contributed by atoms with Crippen LogP contribution in [0.25, 0.3) is 17.0 Å². The van der Waals surface area contributed by atoms with Crippen LogP contribution in [0, 0.1) is 13.8 Å². The van der Waals surface area contributed by atoms with Crippen molar-refractivity contribution in [1.82, 2.24) is 19.6 Å². The van der Waals surface area contributed by atoms with Crippen molar-refractivity contribution < 1.29 is 4.42 Å². The SMILES string of the molecule is Cc1nc(Cl)c2nnc(-c3ccoc3Cl)n2c1C. The largest absolute Gasteiger partial charge is 0.452 e.